The lowest BCUT2D eigenvalue weighted by Crippen LogP contribution is -2.15. The predicted octanol–water partition coefficient (Wildman–Crippen LogP) is 5.49. The first-order valence-electron chi connectivity index (χ1n) is 9.18. The van der Waals surface area contributed by atoms with Gasteiger partial charge in [-0.3, -0.25) is 4.79 Å². The van der Waals surface area contributed by atoms with Crippen LogP contribution in [0.5, 0.6) is 5.75 Å². The van der Waals surface area contributed by atoms with Gasteiger partial charge in [-0.05, 0) is 24.6 Å². The molecule has 0 radical (unpaired) electrons. The molecule has 146 valence electrons. The molecule has 4 rings (SSSR count). The number of para-hydroxylation sites is 2. The highest BCUT2D eigenvalue weighted by Gasteiger charge is 2.15. The Labute approximate surface area is 177 Å². The third kappa shape index (κ3) is 4.41. The van der Waals surface area contributed by atoms with Crippen LogP contribution < -0.4 is 10.1 Å². The van der Waals surface area contributed by atoms with Crippen molar-refractivity contribution in [2.24, 2.45) is 0 Å². The Hall–Kier alpha value is -2.90. The van der Waals surface area contributed by atoms with E-state index in [1.54, 1.807) is 17.7 Å². The second kappa shape index (κ2) is 9.07. The quantitative estimate of drug-likeness (QED) is 0.316. The van der Waals surface area contributed by atoms with Crippen LogP contribution in [-0.2, 0) is 4.79 Å². The molecule has 2 aromatic carbocycles. The van der Waals surface area contributed by atoms with E-state index in [1.165, 1.54) is 11.8 Å². The second-order valence-corrected chi connectivity index (χ2v) is 7.96. The normalized spacial score (nSPS) is 10.8. The molecular formula is C22H19N3O2S2. The molecule has 4 aromatic rings. The third-order valence-corrected chi connectivity index (χ3v) is 6.10. The van der Waals surface area contributed by atoms with E-state index in [1.807, 2.05) is 49.4 Å². The number of ether oxygens (including phenoxy) is 1. The number of carbonyl (C=O) groups excluding carboxylic acids is 1. The van der Waals surface area contributed by atoms with Crippen molar-refractivity contribution in [2.45, 2.75) is 11.9 Å². The van der Waals surface area contributed by atoms with Crippen molar-refractivity contribution < 1.29 is 9.53 Å². The molecule has 5 nitrogen and oxygen atoms in total. The van der Waals surface area contributed by atoms with Gasteiger partial charge in [0.05, 0.1) is 23.4 Å². The van der Waals surface area contributed by atoms with E-state index >= 15 is 0 Å². The smallest absolute Gasteiger partial charge is 0.234 e. The number of hydrogen-bond donors (Lipinski definition) is 1. The lowest BCUT2D eigenvalue weighted by Gasteiger charge is -2.11. The van der Waals surface area contributed by atoms with Gasteiger partial charge in [0.25, 0.3) is 0 Å². The van der Waals surface area contributed by atoms with E-state index in [4.69, 9.17) is 4.74 Å². The number of nitrogens with zero attached hydrogens (tertiary/aromatic N) is 2. The number of thiophene rings is 1. The van der Waals surface area contributed by atoms with Gasteiger partial charge in [0.1, 0.15) is 21.9 Å². The molecule has 0 spiro atoms. The van der Waals surface area contributed by atoms with Crippen LogP contribution in [0.15, 0.2) is 71.3 Å². The van der Waals surface area contributed by atoms with Gasteiger partial charge in [-0.25, -0.2) is 9.97 Å². The zero-order valence-corrected chi connectivity index (χ0v) is 17.4. The highest BCUT2D eigenvalue weighted by atomic mass is 32.2. The number of amides is 1. The van der Waals surface area contributed by atoms with Crippen LogP contribution in [0.25, 0.3) is 21.3 Å². The number of hydrogen-bond acceptors (Lipinski definition) is 6. The molecule has 2 aromatic heterocycles. The summed E-state index contributed by atoms with van der Waals surface area (Å²) in [6.45, 7) is 2.46. The number of carbonyl (C=O) groups is 1. The number of anilines is 1. The molecule has 0 atom stereocenters. The van der Waals surface area contributed by atoms with Gasteiger partial charge < -0.3 is 10.1 Å². The van der Waals surface area contributed by atoms with Gasteiger partial charge >= 0.3 is 0 Å². The zero-order chi connectivity index (χ0) is 20.1. The van der Waals surface area contributed by atoms with E-state index < -0.39 is 0 Å². The van der Waals surface area contributed by atoms with E-state index in [9.17, 15) is 4.79 Å². The number of fused-ring (bicyclic) bond motifs is 1. The van der Waals surface area contributed by atoms with Crippen LogP contribution in [-0.4, -0.2) is 28.2 Å². The highest BCUT2D eigenvalue weighted by Crippen LogP contribution is 2.37. The average molecular weight is 422 g/mol. The summed E-state index contributed by atoms with van der Waals surface area (Å²) in [4.78, 5) is 22.3. The Kier molecular flexibility index (Phi) is 6.07. The molecular weight excluding hydrogens is 402 g/mol. The third-order valence-electron chi connectivity index (χ3n) is 4.22. The fourth-order valence-electron chi connectivity index (χ4n) is 2.96. The van der Waals surface area contributed by atoms with Crippen molar-refractivity contribution in [2.75, 3.05) is 17.7 Å². The Morgan fingerprint density at radius 1 is 1.10 bits per heavy atom. The van der Waals surface area contributed by atoms with E-state index in [2.05, 4.69) is 32.8 Å². The Balaban J connectivity index is 1.53. The first kappa shape index (κ1) is 19.4. The molecule has 2 heterocycles. The molecule has 0 saturated carbocycles. The largest absolute Gasteiger partial charge is 0.492 e. The van der Waals surface area contributed by atoms with Crippen molar-refractivity contribution in [3.8, 4) is 16.9 Å². The van der Waals surface area contributed by atoms with Gasteiger partial charge in [-0.15, -0.1) is 11.3 Å². The van der Waals surface area contributed by atoms with E-state index in [0.717, 1.165) is 26.4 Å². The average Bonchev–Trinajstić information content (AvgIpc) is 3.19. The van der Waals surface area contributed by atoms with Crippen LogP contribution in [0.4, 0.5) is 5.69 Å². The maximum absolute atomic E-state index is 12.5. The van der Waals surface area contributed by atoms with Gasteiger partial charge in [-0.1, -0.05) is 54.2 Å². The first-order valence-corrected chi connectivity index (χ1v) is 11.0. The molecule has 0 aliphatic rings. The molecule has 7 heteroatoms. The van der Waals surface area contributed by atoms with Crippen molar-refractivity contribution in [3.63, 3.8) is 0 Å². The van der Waals surface area contributed by atoms with Gasteiger partial charge in [-0.2, -0.15) is 0 Å². The topological polar surface area (TPSA) is 64.1 Å². The van der Waals surface area contributed by atoms with Crippen LogP contribution >= 0.6 is 23.1 Å². The molecule has 0 saturated heterocycles. The number of thioether (sulfide) groups is 1. The predicted molar refractivity (Wildman–Crippen MR) is 120 cm³/mol. The van der Waals surface area contributed by atoms with Crippen LogP contribution in [0.3, 0.4) is 0 Å². The molecule has 1 N–H and O–H groups in total. The molecule has 0 unspecified atom stereocenters. The maximum atomic E-state index is 12.5. The van der Waals surface area contributed by atoms with Gasteiger partial charge in [0.15, 0.2) is 0 Å². The summed E-state index contributed by atoms with van der Waals surface area (Å²) in [6.07, 6.45) is 1.55. The van der Waals surface area contributed by atoms with E-state index in [0.29, 0.717) is 18.0 Å². The molecule has 1 amide bonds. The number of aromatic nitrogens is 2. The summed E-state index contributed by atoms with van der Waals surface area (Å²) in [6, 6.07) is 17.6. The molecule has 29 heavy (non-hydrogen) atoms. The molecule has 0 aliphatic carbocycles. The Morgan fingerprint density at radius 3 is 2.72 bits per heavy atom. The van der Waals surface area contributed by atoms with Crippen LogP contribution in [0.1, 0.15) is 6.92 Å². The van der Waals surface area contributed by atoms with Crippen LogP contribution in [0.2, 0.25) is 0 Å². The summed E-state index contributed by atoms with van der Waals surface area (Å²) in [5.74, 6) is 0.809. The van der Waals surface area contributed by atoms with E-state index in [-0.39, 0.29) is 11.7 Å². The number of benzene rings is 2. The SMILES string of the molecule is CCOc1ccccc1NC(=O)CSc1ncnc2scc(-c3ccccc3)c12. The molecule has 0 fully saturated rings. The van der Waals surface area contributed by atoms with Crippen molar-refractivity contribution in [3.05, 3.63) is 66.3 Å². The molecule has 0 aliphatic heterocycles. The minimum Gasteiger partial charge on any atom is -0.492 e. The van der Waals surface area contributed by atoms with Crippen LogP contribution in [0, 0.1) is 0 Å². The summed E-state index contributed by atoms with van der Waals surface area (Å²) in [5.41, 5.74) is 2.88. The summed E-state index contributed by atoms with van der Waals surface area (Å²) in [7, 11) is 0. The number of nitrogens with one attached hydrogen (secondary N) is 1. The highest BCUT2D eigenvalue weighted by molar-refractivity contribution is 8.00. The zero-order valence-electron chi connectivity index (χ0n) is 15.8. The van der Waals surface area contributed by atoms with Gasteiger partial charge in [0.2, 0.25) is 5.91 Å². The number of rotatable bonds is 7. The Morgan fingerprint density at radius 2 is 1.90 bits per heavy atom. The van der Waals surface area contributed by atoms with Crippen molar-refractivity contribution in [1.29, 1.82) is 0 Å². The summed E-state index contributed by atoms with van der Waals surface area (Å²) >= 11 is 3.00. The lowest BCUT2D eigenvalue weighted by molar-refractivity contribution is -0.113. The fourth-order valence-corrected chi connectivity index (χ4v) is 4.75. The summed E-state index contributed by atoms with van der Waals surface area (Å²) < 4.78 is 5.57. The maximum Gasteiger partial charge on any atom is 0.234 e. The van der Waals surface area contributed by atoms with Gasteiger partial charge in [0, 0.05) is 10.9 Å². The summed E-state index contributed by atoms with van der Waals surface area (Å²) in [5, 5.41) is 6.83. The lowest BCUT2D eigenvalue weighted by atomic mass is 10.1. The van der Waals surface area contributed by atoms with Crippen molar-refractivity contribution >= 4 is 44.9 Å². The fraction of sp³-hybridized carbons (Fsp3) is 0.136. The minimum atomic E-state index is -0.106. The Bertz CT molecular complexity index is 1130. The minimum absolute atomic E-state index is 0.106. The standard InChI is InChI=1S/C22H19N3O2S2/c1-2-27-18-11-7-6-10-17(18)25-19(26)13-29-22-20-16(15-8-4-3-5-9-15)12-28-21(20)23-14-24-22/h3-12,14H,2,13H2,1H3,(H,25,26). The van der Waals surface area contributed by atoms with Crippen molar-refractivity contribution in [1.82, 2.24) is 9.97 Å². The second-order valence-electron chi connectivity index (χ2n) is 6.14. The monoisotopic (exact) mass is 421 g/mol. The molecule has 0 bridgehead atoms. The first-order chi connectivity index (χ1) is 14.3.